The first kappa shape index (κ1) is 6.69. The second kappa shape index (κ2) is 2.80. The van der Waals surface area contributed by atoms with Crippen LogP contribution in [0.15, 0.2) is 0 Å². The molecule has 7 heavy (non-hydrogen) atoms. The van der Waals surface area contributed by atoms with Crippen molar-refractivity contribution in [2.24, 2.45) is 0 Å². The second-order valence-electron chi connectivity index (χ2n) is 1.27. The molecule has 0 aliphatic rings. The molecule has 0 saturated heterocycles. The molecule has 0 aromatic rings. The van der Waals surface area contributed by atoms with E-state index in [4.69, 9.17) is 0 Å². The Balaban J connectivity index is 3.32. The molecule has 0 spiro atoms. The Morgan fingerprint density at radius 2 is 2.00 bits per heavy atom. The summed E-state index contributed by atoms with van der Waals surface area (Å²) in [5, 5.41) is -0.368. The van der Waals surface area contributed by atoms with Gasteiger partial charge in [-0.1, -0.05) is 0 Å². The summed E-state index contributed by atoms with van der Waals surface area (Å²) in [7, 11) is 0. The molecule has 0 aromatic heterocycles. The van der Waals surface area contributed by atoms with Crippen molar-refractivity contribution in [1.82, 2.24) is 0 Å². The van der Waals surface area contributed by atoms with Gasteiger partial charge in [-0.3, -0.25) is 9.59 Å². The molecule has 0 heterocycles. The first-order chi connectivity index (χ1) is 3.13. The van der Waals surface area contributed by atoms with Gasteiger partial charge >= 0.3 is 0 Å². The molecule has 0 rings (SSSR count). The van der Waals surface area contributed by atoms with Gasteiger partial charge in [0.15, 0.2) is 5.12 Å². The number of hydrogen-bond donors (Lipinski definition) is 1. The summed E-state index contributed by atoms with van der Waals surface area (Å²) in [5.41, 5.74) is 0. The zero-order valence-electron chi connectivity index (χ0n) is 3.97. The third-order valence-electron chi connectivity index (χ3n) is 0.400. The maximum atomic E-state index is 9.98. The summed E-state index contributed by atoms with van der Waals surface area (Å²) in [5.74, 6) is -0.139. The lowest BCUT2D eigenvalue weighted by Gasteiger charge is -1.80. The van der Waals surface area contributed by atoms with E-state index in [1.54, 1.807) is 0 Å². The van der Waals surface area contributed by atoms with E-state index in [1.165, 1.54) is 6.92 Å². The normalized spacial score (nSPS) is 8.29. The van der Waals surface area contributed by atoms with Crippen LogP contribution in [0.4, 0.5) is 0 Å². The van der Waals surface area contributed by atoms with E-state index in [0.29, 0.717) is 0 Å². The van der Waals surface area contributed by atoms with Gasteiger partial charge in [0, 0.05) is 0 Å². The minimum atomic E-state index is -0.368. The maximum Gasteiger partial charge on any atom is 0.193 e. The molecule has 0 aliphatic carbocycles. The summed E-state index contributed by atoms with van der Waals surface area (Å²) >= 11 is 3.38. The van der Waals surface area contributed by atoms with E-state index in [2.05, 4.69) is 12.6 Å². The van der Waals surface area contributed by atoms with E-state index >= 15 is 0 Å². The zero-order chi connectivity index (χ0) is 5.86. The molecule has 0 radical (unpaired) electrons. The van der Waals surface area contributed by atoms with E-state index in [0.717, 1.165) is 0 Å². The molecule has 0 aromatic carbocycles. The molecule has 3 heteroatoms. The number of carbonyl (C=O) groups is 2. The molecular formula is C4H6O2S. The summed E-state index contributed by atoms with van der Waals surface area (Å²) in [6.07, 6.45) is -0.0525. The van der Waals surface area contributed by atoms with Crippen molar-refractivity contribution >= 4 is 23.5 Å². The maximum absolute atomic E-state index is 9.98. The van der Waals surface area contributed by atoms with E-state index in [9.17, 15) is 9.59 Å². The van der Waals surface area contributed by atoms with Crippen molar-refractivity contribution < 1.29 is 9.59 Å². The topological polar surface area (TPSA) is 34.1 Å². The van der Waals surface area contributed by atoms with E-state index in [1.807, 2.05) is 0 Å². The van der Waals surface area contributed by atoms with Gasteiger partial charge in [-0.2, -0.15) is 0 Å². The molecule has 0 N–H and O–H groups in total. The summed E-state index contributed by atoms with van der Waals surface area (Å²) in [4.78, 5) is 19.9. The molecule has 0 unspecified atom stereocenters. The molecule has 0 aliphatic heterocycles. The van der Waals surface area contributed by atoms with Gasteiger partial charge in [-0.25, -0.2) is 0 Å². The van der Waals surface area contributed by atoms with Crippen LogP contribution in [0.3, 0.4) is 0 Å². The average Bonchev–Trinajstić information content (AvgIpc) is 1.27. The largest absolute Gasteiger partial charge is 0.300 e. The Bertz CT molecular complexity index is 85.9. The lowest BCUT2D eigenvalue weighted by Crippen LogP contribution is -1.95. The van der Waals surface area contributed by atoms with Gasteiger partial charge < -0.3 is 0 Å². The van der Waals surface area contributed by atoms with Crippen LogP contribution >= 0.6 is 12.6 Å². The van der Waals surface area contributed by atoms with Gasteiger partial charge in [0.25, 0.3) is 0 Å². The standard InChI is InChI=1S/C4H6O2S/c1-3(5)2-4(6)7/h2H2,1H3,(H,6,7). The Morgan fingerprint density at radius 3 is 2.00 bits per heavy atom. The fraction of sp³-hybridized carbons (Fsp3) is 0.500. The van der Waals surface area contributed by atoms with Crippen LogP contribution in [0.1, 0.15) is 13.3 Å². The molecule has 0 saturated carbocycles. The van der Waals surface area contributed by atoms with Crippen molar-refractivity contribution in [2.75, 3.05) is 0 Å². The average molecular weight is 118 g/mol. The van der Waals surface area contributed by atoms with Crippen LogP contribution in [-0.4, -0.2) is 10.9 Å². The van der Waals surface area contributed by atoms with Crippen molar-refractivity contribution in [2.45, 2.75) is 13.3 Å². The Kier molecular flexibility index (Phi) is 2.67. The van der Waals surface area contributed by atoms with Crippen LogP contribution in [0.2, 0.25) is 0 Å². The van der Waals surface area contributed by atoms with Gasteiger partial charge in [-0.05, 0) is 6.92 Å². The third kappa shape index (κ3) is 5.69. The highest BCUT2D eigenvalue weighted by Crippen LogP contribution is 1.86. The highest BCUT2D eigenvalue weighted by atomic mass is 32.1. The fourth-order valence-corrected chi connectivity index (χ4v) is 0.436. The first-order valence-electron chi connectivity index (χ1n) is 1.84. The molecule has 0 fully saturated rings. The predicted octanol–water partition coefficient (Wildman–Crippen LogP) is 0.422. The number of Topliss-reactive ketones (excluding diaryl/α,β-unsaturated/α-hetero) is 1. The van der Waals surface area contributed by atoms with Crippen LogP contribution in [0.25, 0.3) is 0 Å². The fourth-order valence-electron chi connectivity index (χ4n) is 0.213. The Hall–Kier alpha value is -0.310. The molecule has 2 nitrogen and oxygen atoms in total. The van der Waals surface area contributed by atoms with Gasteiger partial charge in [0.05, 0.1) is 6.42 Å². The number of carbonyl (C=O) groups excluding carboxylic acids is 2. The van der Waals surface area contributed by atoms with Crippen molar-refractivity contribution in [3.05, 3.63) is 0 Å². The molecule has 40 valence electrons. The monoisotopic (exact) mass is 118 g/mol. The molecule has 0 amide bonds. The van der Waals surface area contributed by atoms with Crippen LogP contribution < -0.4 is 0 Å². The van der Waals surface area contributed by atoms with Gasteiger partial charge in [0.1, 0.15) is 5.78 Å². The van der Waals surface area contributed by atoms with Gasteiger partial charge in [0.2, 0.25) is 0 Å². The molecule has 0 atom stereocenters. The number of rotatable bonds is 2. The minimum Gasteiger partial charge on any atom is -0.300 e. The minimum absolute atomic E-state index is 0.0525. The van der Waals surface area contributed by atoms with Crippen molar-refractivity contribution in [3.63, 3.8) is 0 Å². The molecular weight excluding hydrogens is 112 g/mol. The first-order valence-corrected chi connectivity index (χ1v) is 2.29. The third-order valence-corrected chi connectivity index (χ3v) is 0.558. The predicted molar refractivity (Wildman–Crippen MR) is 29.3 cm³/mol. The van der Waals surface area contributed by atoms with E-state index < -0.39 is 0 Å². The second-order valence-corrected chi connectivity index (χ2v) is 1.77. The smallest absolute Gasteiger partial charge is 0.193 e. The van der Waals surface area contributed by atoms with Crippen LogP contribution in [0.5, 0.6) is 0 Å². The van der Waals surface area contributed by atoms with Crippen molar-refractivity contribution in [3.8, 4) is 0 Å². The lowest BCUT2D eigenvalue weighted by atomic mass is 10.3. The lowest BCUT2D eigenvalue weighted by molar-refractivity contribution is -0.121. The molecule has 0 bridgehead atoms. The number of ketones is 1. The quantitative estimate of drug-likeness (QED) is 0.421. The number of hydrogen-bond acceptors (Lipinski definition) is 2. The summed E-state index contributed by atoms with van der Waals surface area (Å²) in [6.45, 7) is 1.36. The highest BCUT2D eigenvalue weighted by Gasteiger charge is 1.95. The number of thiol groups is 1. The Labute approximate surface area is 47.3 Å². The van der Waals surface area contributed by atoms with Crippen LogP contribution in [-0.2, 0) is 9.59 Å². The van der Waals surface area contributed by atoms with E-state index in [-0.39, 0.29) is 17.3 Å². The van der Waals surface area contributed by atoms with Gasteiger partial charge in [-0.15, -0.1) is 12.6 Å². The Morgan fingerprint density at radius 1 is 1.57 bits per heavy atom. The van der Waals surface area contributed by atoms with Crippen LogP contribution in [0, 0.1) is 0 Å². The summed E-state index contributed by atoms with van der Waals surface area (Å²) in [6, 6.07) is 0. The summed E-state index contributed by atoms with van der Waals surface area (Å²) < 4.78 is 0. The zero-order valence-corrected chi connectivity index (χ0v) is 4.87. The highest BCUT2D eigenvalue weighted by molar-refractivity contribution is 7.96. The van der Waals surface area contributed by atoms with Crippen molar-refractivity contribution in [1.29, 1.82) is 0 Å². The SMILES string of the molecule is CC(=O)CC(=O)S.